The molecule has 0 amide bonds. The third kappa shape index (κ3) is 2.94. The van der Waals surface area contributed by atoms with Crippen molar-refractivity contribution in [1.29, 1.82) is 0 Å². The quantitative estimate of drug-likeness (QED) is 0.710. The van der Waals surface area contributed by atoms with Crippen molar-refractivity contribution in [3.05, 3.63) is 56.8 Å². The molecule has 0 unspecified atom stereocenters. The number of aromatic nitrogens is 2. The number of benzene rings is 1. The molecule has 3 rings (SSSR count). The lowest BCUT2D eigenvalue weighted by Crippen LogP contribution is -1.97. The fourth-order valence-electron chi connectivity index (χ4n) is 2.01. The number of anilines is 1. The van der Waals surface area contributed by atoms with E-state index in [4.69, 9.17) is 0 Å². The molecule has 2 aromatic heterocycles. The van der Waals surface area contributed by atoms with Crippen molar-refractivity contribution >= 4 is 33.0 Å². The highest BCUT2D eigenvalue weighted by Crippen LogP contribution is 2.27. The Labute approximate surface area is 130 Å². The smallest absolute Gasteiger partial charge is 0.0650 e. The second kappa shape index (κ2) is 5.81. The molecule has 0 saturated carbocycles. The molecule has 2 heterocycles. The van der Waals surface area contributed by atoms with Crippen molar-refractivity contribution in [3.8, 4) is 11.3 Å². The Morgan fingerprint density at radius 3 is 2.90 bits per heavy atom. The Bertz CT molecular complexity index is 684. The maximum absolute atomic E-state index is 3.99. The molecule has 5 heteroatoms. The van der Waals surface area contributed by atoms with Crippen LogP contribution in [0.5, 0.6) is 0 Å². The number of nitrogens with one attached hydrogen (secondary N) is 2. The molecule has 0 aliphatic heterocycles. The van der Waals surface area contributed by atoms with E-state index in [1.165, 1.54) is 14.2 Å². The van der Waals surface area contributed by atoms with Gasteiger partial charge in [0.25, 0.3) is 0 Å². The van der Waals surface area contributed by atoms with Crippen LogP contribution in [-0.2, 0) is 6.54 Å². The summed E-state index contributed by atoms with van der Waals surface area (Å²) in [5.74, 6) is 0. The molecule has 20 heavy (non-hydrogen) atoms. The van der Waals surface area contributed by atoms with Crippen LogP contribution in [0.15, 0.2) is 47.1 Å². The van der Waals surface area contributed by atoms with Crippen molar-refractivity contribution in [2.45, 2.75) is 13.5 Å². The summed E-state index contributed by atoms with van der Waals surface area (Å²) >= 11 is 5.36. The van der Waals surface area contributed by atoms with E-state index >= 15 is 0 Å². The number of halogens is 1. The van der Waals surface area contributed by atoms with Crippen LogP contribution >= 0.6 is 27.3 Å². The first kappa shape index (κ1) is 13.4. The predicted octanol–water partition coefficient (Wildman–Crippen LogP) is 4.82. The minimum absolute atomic E-state index is 0.837. The van der Waals surface area contributed by atoms with Crippen molar-refractivity contribution in [2.75, 3.05) is 5.32 Å². The first-order valence-corrected chi connectivity index (χ1v) is 7.92. The van der Waals surface area contributed by atoms with Gasteiger partial charge in [-0.25, -0.2) is 0 Å². The van der Waals surface area contributed by atoms with Gasteiger partial charge in [0.05, 0.1) is 5.69 Å². The second-order valence-corrected chi connectivity index (χ2v) is 6.72. The Balaban J connectivity index is 1.73. The van der Waals surface area contributed by atoms with E-state index in [1.54, 1.807) is 6.20 Å². The van der Waals surface area contributed by atoms with Gasteiger partial charge in [0.15, 0.2) is 0 Å². The standard InChI is InChI=1S/C15H14BrN3S/c1-10-14(16)8-13(20-10)9-17-12-4-2-3-11(7-12)15-5-6-18-19-15/h2-8,17H,9H2,1H3,(H,18,19). The molecule has 0 fully saturated rings. The van der Waals surface area contributed by atoms with Gasteiger partial charge in [0.1, 0.15) is 0 Å². The minimum Gasteiger partial charge on any atom is -0.380 e. The zero-order valence-corrected chi connectivity index (χ0v) is 13.4. The number of aryl methyl sites for hydroxylation is 1. The van der Waals surface area contributed by atoms with Crippen LogP contribution in [0.2, 0.25) is 0 Å². The van der Waals surface area contributed by atoms with Crippen molar-refractivity contribution in [2.24, 2.45) is 0 Å². The molecule has 0 bridgehead atoms. The van der Waals surface area contributed by atoms with Gasteiger partial charge < -0.3 is 5.32 Å². The highest BCUT2D eigenvalue weighted by molar-refractivity contribution is 9.10. The fourth-order valence-corrected chi connectivity index (χ4v) is 3.55. The number of H-pyrrole nitrogens is 1. The number of aromatic amines is 1. The maximum Gasteiger partial charge on any atom is 0.0650 e. The van der Waals surface area contributed by atoms with Crippen molar-refractivity contribution in [1.82, 2.24) is 10.2 Å². The molecule has 0 spiro atoms. The van der Waals surface area contributed by atoms with E-state index < -0.39 is 0 Å². The summed E-state index contributed by atoms with van der Waals surface area (Å²) in [6.07, 6.45) is 1.77. The van der Waals surface area contributed by atoms with E-state index in [2.05, 4.69) is 62.6 Å². The SMILES string of the molecule is Cc1sc(CNc2cccc(-c3ccn[nH]3)c2)cc1Br. The molecule has 1 aromatic carbocycles. The minimum atomic E-state index is 0.837. The molecule has 0 saturated heterocycles. The van der Waals surface area contributed by atoms with E-state index in [0.29, 0.717) is 0 Å². The summed E-state index contributed by atoms with van der Waals surface area (Å²) in [6, 6.07) is 12.5. The normalized spacial score (nSPS) is 10.7. The first-order chi connectivity index (χ1) is 9.72. The van der Waals surface area contributed by atoms with Gasteiger partial charge in [-0.1, -0.05) is 12.1 Å². The van der Waals surface area contributed by atoms with E-state index in [-0.39, 0.29) is 0 Å². The molecule has 102 valence electrons. The van der Waals surface area contributed by atoms with Crippen LogP contribution in [0, 0.1) is 6.92 Å². The van der Waals surface area contributed by atoms with E-state index in [0.717, 1.165) is 23.5 Å². The lowest BCUT2D eigenvalue weighted by Gasteiger charge is -2.06. The molecule has 0 aliphatic rings. The highest BCUT2D eigenvalue weighted by atomic mass is 79.9. The van der Waals surface area contributed by atoms with Gasteiger partial charge in [-0.3, -0.25) is 5.10 Å². The van der Waals surface area contributed by atoms with Crippen LogP contribution in [0.3, 0.4) is 0 Å². The zero-order chi connectivity index (χ0) is 13.9. The van der Waals surface area contributed by atoms with Crippen LogP contribution in [0.25, 0.3) is 11.3 Å². The molecule has 2 N–H and O–H groups in total. The lowest BCUT2D eigenvalue weighted by molar-refractivity contribution is 1.09. The molecule has 0 radical (unpaired) electrons. The Hall–Kier alpha value is -1.59. The number of nitrogens with zero attached hydrogens (tertiary/aromatic N) is 1. The zero-order valence-electron chi connectivity index (χ0n) is 11.0. The van der Waals surface area contributed by atoms with Gasteiger partial charge in [0, 0.05) is 38.2 Å². The van der Waals surface area contributed by atoms with Gasteiger partial charge in [-0.05, 0) is 47.1 Å². The van der Waals surface area contributed by atoms with Crippen LogP contribution in [0.1, 0.15) is 9.75 Å². The number of hydrogen-bond acceptors (Lipinski definition) is 3. The van der Waals surface area contributed by atoms with Gasteiger partial charge in [0.2, 0.25) is 0 Å². The maximum atomic E-state index is 3.99. The van der Waals surface area contributed by atoms with Crippen molar-refractivity contribution < 1.29 is 0 Å². The molecule has 0 atom stereocenters. The molecule has 3 nitrogen and oxygen atoms in total. The van der Waals surface area contributed by atoms with Crippen LogP contribution in [-0.4, -0.2) is 10.2 Å². The second-order valence-electron chi connectivity index (χ2n) is 4.52. The summed E-state index contributed by atoms with van der Waals surface area (Å²) in [4.78, 5) is 2.63. The van der Waals surface area contributed by atoms with Gasteiger partial charge in [-0.2, -0.15) is 5.10 Å². The fraction of sp³-hybridized carbons (Fsp3) is 0.133. The lowest BCUT2D eigenvalue weighted by atomic mass is 10.1. The van der Waals surface area contributed by atoms with Gasteiger partial charge >= 0.3 is 0 Å². The Kier molecular flexibility index (Phi) is 3.89. The summed E-state index contributed by atoms with van der Waals surface area (Å²) in [6.45, 7) is 2.96. The molecular formula is C15H14BrN3S. The number of rotatable bonds is 4. The number of hydrogen-bond donors (Lipinski definition) is 2. The average Bonchev–Trinajstić information content (AvgIpc) is 3.08. The molecule has 3 aromatic rings. The third-order valence-electron chi connectivity index (χ3n) is 3.05. The highest BCUT2D eigenvalue weighted by Gasteiger charge is 2.04. The number of thiophene rings is 1. The topological polar surface area (TPSA) is 40.7 Å². The average molecular weight is 348 g/mol. The van der Waals surface area contributed by atoms with Crippen LogP contribution < -0.4 is 5.32 Å². The van der Waals surface area contributed by atoms with Crippen molar-refractivity contribution in [3.63, 3.8) is 0 Å². The summed E-state index contributed by atoms with van der Waals surface area (Å²) in [7, 11) is 0. The van der Waals surface area contributed by atoms with Gasteiger partial charge in [-0.15, -0.1) is 11.3 Å². The molecular weight excluding hydrogens is 334 g/mol. The third-order valence-corrected chi connectivity index (χ3v) is 5.19. The summed E-state index contributed by atoms with van der Waals surface area (Å²) in [5, 5.41) is 10.4. The van der Waals surface area contributed by atoms with Crippen LogP contribution in [0.4, 0.5) is 5.69 Å². The predicted molar refractivity (Wildman–Crippen MR) is 88.1 cm³/mol. The monoisotopic (exact) mass is 347 g/mol. The summed E-state index contributed by atoms with van der Waals surface area (Å²) < 4.78 is 1.19. The summed E-state index contributed by atoms with van der Waals surface area (Å²) in [5.41, 5.74) is 3.28. The Morgan fingerprint density at radius 1 is 1.30 bits per heavy atom. The largest absolute Gasteiger partial charge is 0.380 e. The molecule has 0 aliphatic carbocycles. The van der Waals surface area contributed by atoms with E-state index in [9.17, 15) is 0 Å². The first-order valence-electron chi connectivity index (χ1n) is 6.31. The van der Waals surface area contributed by atoms with E-state index in [1.807, 2.05) is 23.5 Å². The Morgan fingerprint density at radius 2 is 2.20 bits per heavy atom.